The maximum Gasteiger partial charge on any atom is 0.144 e. The molecule has 14 heavy (non-hydrogen) atoms. The first-order valence-electron chi connectivity index (χ1n) is 4.63. The lowest BCUT2D eigenvalue weighted by Crippen LogP contribution is -2.21. The summed E-state index contributed by atoms with van der Waals surface area (Å²) in [5, 5.41) is 3.20. The SMILES string of the molecule is CN(C)CCNc1ccnc(CN)n1. The number of likely N-dealkylation sites (N-methyl/N-ethyl adjacent to an activating group) is 1. The number of nitrogens with two attached hydrogens (primary N) is 1. The van der Waals surface area contributed by atoms with Crippen LogP contribution in [0.4, 0.5) is 5.82 Å². The van der Waals surface area contributed by atoms with Crippen LogP contribution >= 0.6 is 0 Å². The van der Waals surface area contributed by atoms with E-state index in [4.69, 9.17) is 5.73 Å². The maximum absolute atomic E-state index is 5.43. The topological polar surface area (TPSA) is 67.1 Å². The fraction of sp³-hybridized carbons (Fsp3) is 0.556. The molecule has 0 amide bonds. The average Bonchev–Trinajstić information content (AvgIpc) is 2.18. The van der Waals surface area contributed by atoms with Crippen LogP contribution in [0.2, 0.25) is 0 Å². The third-order valence-electron chi connectivity index (χ3n) is 1.75. The van der Waals surface area contributed by atoms with E-state index in [9.17, 15) is 0 Å². The third kappa shape index (κ3) is 3.68. The lowest BCUT2D eigenvalue weighted by atomic mass is 10.5. The van der Waals surface area contributed by atoms with Crippen LogP contribution in [0.5, 0.6) is 0 Å². The smallest absolute Gasteiger partial charge is 0.144 e. The summed E-state index contributed by atoms with van der Waals surface area (Å²) < 4.78 is 0. The van der Waals surface area contributed by atoms with Crippen molar-refractivity contribution in [1.82, 2.24) is 14.9 Å². The van der Waals surface area contributed by atoms with Crippen molar-refractivity contribution in [3.05, 3.63) is 18.1 Å². The molecule has 0 spiro atoms. The second-order valence-corrected chi connectivity index (χ2v) is 3.29. The quantitative estimate of drug-likeness (QED) is 0.687. The molecule has 0 aromatic carbocycles. The Kier molecular flexibility index (Phi) is 4.28. The summed E-state index contributed by atoms with van der Waals surface area (Å²) in [6.07, 6.45) is 1.72. The Morgan fingerprint density at radius 3 is 2.93 bits per heavy atom. The molecule has 0 aliphatic carbocycles. The zero-order valence-electron chi connectivity index (χ0n) is 8.70. The number of rotatable bonds is 5. The molecule has 0 unspecified atom stereocenters. The van der Waals surface area contributed by atoms with Crippen molar-refractivity contribution >= 4 is 5.82 Å². The third-order valence-corrected chi connectivity index (χ3v) is 1.75. The van der Waals surface area contributed by atoms with Gasteiger partial charge in [-0.15, -0.1) is 0 Å². The van der Waals surface area contributed by atoms with Crippen molar-refractivity contribution in [3.63, 3.8) is 0 Å². The van der Waals surface area contributed by atoms with E-state index in [1.165, 1.54) is 0 Å². The second-order valence-electron chi connectivity index (χ2n) is 3.29. The van der Waals surface area contributed by atoms with Gasteiger partial charge in [0.1, 0.15) is 11.6 Å². The fourth-order valence-corrected chi connectivity index (χ4v) is 1.00. The van der Waals surface area contributed by atoms with E-state index in [-0.39, 0.29) is 0 Å². The molecule has 0 saturated carbocycles. The summed E-state index contributed by atoms with van der Waals surface area (Å²) in [7, 11) is 4.07. The van der Waals surface area contributed by atoms with Crippen LogP contribution in [0, 0.1) is 0 Å². The van der Waals surface area contributed by atoms with E-state index >= 15 is 0 Å². The Balaban J connectivity index is 2.42. The molecule has 0 fully saturated rings. The number of hydrogen-bond donors (Lipinski definition) is 2. The molecule has 0 aliphatic heterocycles. The Morgan fingerprint density at radius 1 is 1.50 bits per heavy atom. The number of hydrogen-bond acceptors (Lipinski definition) is 5. The normalized spacial score (nSPS) is 10.6. The Bertz CT molecular complexity index is 274. The fourth-order valence-electron chi connectivity index (χ4n) is 1.00. The zero-order valence-corrected chi connectivity index (χ0v) is 8.70. The molecule has 5 heteroatoms. The summed E-state index contributed by atoms with van der Waals surface area (Å²) in [6.45, 7) is 2.22. The van der Waals surface area contributed by atoms with Crippen molar-refractivity contribution < 1.29 is 0 Å². The van der Waals surface area contributed by atoms with Gasteiger partial charge in [-0.2, -0.15) is 0 Å². The van der Waals surface area contributed by atoms with E-state index in [1.54, 1.807) is 6.20 Å². The molecule has 1 rings (SSSR count). The van der Waals surface area contributed by atoms with E-state index in [2.05, 4.69) is 20.2 Å². The summed E-state index contributed by atoms with van der Waals surface area (Å²) >= 11 is 0. The van der Waals surface area contributed by atoms with Crippen LogP contribution in [-0.4, -0.2) is 42.1 Å². The minimum absolute atomic E-state index is 0.378. The predicted octanol–water partition coefficient (Wildman–Crippen LogP) is -0.0912. The van der Waals surface area contributed by atoms with Crippen LogP contribution in [0.1, 0.15) is 5.82 Å². The van der Waals surface area contributed by atoms with Gasteiger partial charge in [-0.1, -0.05) is 0 Å². The van der Waals surface area contributed by atoms with Gasteiger partial charge in [0.25, 0.3) is 0 Å². The molecule has 1 heterocycles. The van der Waals surface area contributed by atoms with E-state index in [0.29, 0.717) is 12.4 Å². The number of anilines is 1. The summed E-state index contributed by atoms with van der Waals surface area (Å²) in [6, 6.07) is 1.84. The molecule has 0 aliphatic rings. The lowest BCUT2D eigenvalue weighted by molar-refractivity contribution is 0.425. The highest BCUT2D eigenvalue weighted by Crippen LogP contribution is 2.00. The number of nitrogens with zero attached hydrogens (tertiary/aromatic N) is 3. The van der Waals surface area contributed by atoms with Crippen LogP contribution in [-0.2, 0) is 6.54 Å². The molecule has 0 bridgehead atoms. The van der Waals surface area contributed by atoms with Gasteiger partial charge in [0, 0.05) is 19.3 Å². The molecule has 0 atom stereocenters. The van der Waals surface area contributed by atoms with E-state index in [1.807, 2.05) is 20.2 Å². The Labute approximate surface area is 84.3 Å². The molecular weight excluding hydrogens is 178 g/mol. The Morgan fingerprint density at radius 2 is 2.29 bits per heavy atom. The standard InChI is InChI=1S/C9H17N5/c1-14(2)6-5-12-8-3-4-11-9(7-10)13-8/h3-4H,5-7,10H2,1-2H3,(H,11,12,13). The zero-order chi connectivity index (χ0) is 10.4. The Hall–Kier alpha value is -1.20. The maximum atomic E-state index is 5.43. The van der Waals surface area contributed by atoms with Crippen molar-refractivity contribution in [2.45, 2.75) is 6.54 Å². The summed E-state index contributed by atoms with van der Waals surface area (Å²) in [4.78, 5) is 10.3. The molecule has 5 nitrogen and oxygen atoms in total. The second kappa shape index (κ2) is 5.51. The molecule has 0 saturated heterocycles. The van der Waals surface area contributed by atoms with Crippen LogP contribution in [0.25, 0.3) is 0 Å². The lowest BCUT2D eigenvalue weighted by Gasteiger charge is -2.10. The van der Waals surface area contributed by atoms with Crippen LogP contribution in [0.15, 0.2) is 12.3 Å². The molecule has 78 valence electrons. The van der Waals surface area contributed by atoms with E-state index < -0.39 is 0 Å². The van der Waals surface area contributed by atoms with Gasteiger partial charge in [0.05, 0.1) is 6.54 Å². The largest absolute Gasteiger partial charge is 0.369 e. The molecule has 1 aromatic rings. The van der Waals surface area contributed by atoms with Crippen molar-refractivity contribution in [3.8, 4) is 0 Å². The van der Waals surface area contributed by atoms with Crippen molar-refractivity contribution in [2.75, 3.05) is 32.5 Å². The van der Waals surface area contributed by atoms with Crippen LogP contribution < -0.4 is 11.1 Å². The summed E-state index contributed by atoms with van der Waals surface area (Å²) in [5.41, 5.74) is 5.43. The molecule has 3 N–H and O–H groups in total. The number of nitrogens with one attached hydrogen (secondary N) is 1. The minimum Gasteiger partial charge on any atom is -0.369 e. The van der Waals surface area contributed by atoms with Gasteiger partial charge >= 0.3 is 0 Å². The first-order valence-corrected chi connectivity index (χ1v) is 4.63. The first kappa shape index (κ1) is 10.9. The van der Waals surface area contributed by atoms with Gasteiger partial charge in [0.15, 0.2) is 0 Å². The summed E-state index contributed by atoms with van der Waals surface area (Å²) in [5.74, 6) is 1.50. The van der Waals surface area contributed by atoms with Gasteiger partial charge in [-0.05, 0) is 20.2 Å². The molecular formula is C9H17N5. The average molecular weight is 195 g/mol. The highest BCUT2D eigenvalue weighted by atomic mass is 15.1. The van der Waals surface area contributed by atoms with Crippen molar-refractivity contribution in [1.29, 1.82) is 0 Å². The predicted molar refractivity (Wildman–Crippen MR) is 57.0 cm³/mol. The highest BCUT2D eigenvalue weighted by Gasteiger charge is 1.96. The van der Waals surface area contributed by atoms with Gasteiger partial charge in [-0.3, -0.25) is 0 Å². The van der Waals surface area contributed by atoms with Crippen molar-refractivity contribution in [2.24, 2.45) is 5.73 Å². The van der Waals surface area contributed by atoms with E-state index in [0.717, 1.165) is 18.9 Å². The van der Waals surface area contributed by atoms with Gasteiger partial charge in [-0.25, -0.2) is 9.97 Å². The van der Waals surface area contributed by atoms with Gasteiger partial charge in [0.2, 0.25) is 0 Å². The van der Waals surface area contributed by atoms with Gasteiger partial charge < -0.3 is 16.0 Å². The monoisotopic (exact) mass is 195 g/mol. The highest BCUT2D eigenvalue weighted by molar-refractivity contribution is 5.32. The minimum atomic E-state index is 0.378. The number of aromatic nitrogens is 2. The molecule has 0 radical (unpaired) electrons. The first-order chi connectivity index (χ1) is 6.72. The molecule has 1 aromatic heterocycles. The van der Waals surface area contributed by atoms with Crippen LogP contribution in [0.3, 0.4) is 0 Å².